The van der Waals surface area contributed by atoms with E-state index < -0.39 is 0 Å². The van der Waals surface area contributed by atoms with Crippen LogP contribution >= 0.6 is 0 Å². The fourth-order valence-electron chi connectivity index (χ4n) is 2.68. The number of benzene rings is 1. The lowest BCUT2D eigenvalue weighted by Crippen LogP contribution is -2.36. The Bertz CT molecular complexity index is 599. The Labute approximate surface area is 123 Å². The molecule has 2 heterocycles. The average molecular weight is 290 g/mol. The molecule has 1 saturated heterocycles. The first kappa shape index (κ1) is 14.2. The van der Waals surface area contributed by atoms with Crippen LogP contribution in [0.15, 0.2) is 34.9 Å². The van der Waals surface area contributed by atoms with Gasteiger partial charge in [0.2, 0.25) is 0 Å². The maximum absolute atomic E-state index is 13.6. The molecule has 1 aromatic heterocycles. The smallest absolute Gasteiger partial charge is 0.137 e. The van der Waals surface area contributed by atoms with Gasteiger partial charge < -0.3 is 14.6 Å². The van der Waals surface area contributed by atoms with Crippen LogP contribution in [0.5, 0.6) is 0 Å². The lowest BCUT2D eigenvalue weighted by atomic mass is 9.98. The lowest BCUT2D eigenvalue weighted by Gasteiger charge is -2.18. The molecular weight excluding hydrogens is 271 g/mol. The maximum Gasteiger partial charge on any atom is 0.137 e. The monoisotopic (exact) mass is 290 g/mol. The number of aromatic nitrogens is 1. The molecule has 0 spiro atoms. The van der Waals surface area contributed by atoms with Gasteiger partial charge in [-0.05, 0) is 13.0 Å². The highest BCUT2D eigenvalue weighted by Gasteiger charge is 2.29. The van der Waals surface area contributed by atoms with Gasteiger partial charge in [-0.2, -0.15) is 0 Å². The van der Waals surface area contributed by atoms with Crippen LogP contribution in [-0.4, -0.2) is 24.4 Å². The zero-order valence-electron chi connectivity index (χ0n) is 12.0. The van der Waals surface area contributed by atoms with Gasteiger partial charge in [-0.1, -0.05) is 23.4 Å². The van der Waals surface area contributed by atoms with Crippen LogP contribution in [0, 0.1) is 18.7 Å². The van der Waals surface area contributed by atoms with Crippen molar-refractivity contribution in [3.05, 3.63) is 53.2 Å². The van der Waals surface area contributed by atoms with Crippen LogP contribution < -0.4 is 5.32 Å². The number of ether oxygens (including phenoxy) is 1. The molecule has 1 aliphatic heterocycles. The summed E-state index contributed by atoms with van der Waals surface area (Å²) in [5.41, 5.74) is 1.57. The summed E-state index contributed by atoms with van der Waals surface area (Å²) in [7, 11) is 0. The molecule has 0 aliphatic carbocycles. The second-order valence-electron chi connectivity index (χ2n) is 5.52. The molecular formula is C16H19FN2O2. The molecule has 4 nitrogen and oxygen atoms in total. The van der Waals surface area contributed by atoms with E-state index in [-0.39, 0.29) is 11.9 Å². The third-order valence-corrected chi connectivity index (χ3v) is 3.85. The van der Waals surface area contributed by atoms with Crippen molar-refractivity contribution < 1.29 is 13.7 Å². The van der Waals surface area contributed by atoms with Crippen molar-refractivity contribution in [1.82, 2.24) is 10.5 Å². The van der Waals surface area contributed by atoms with Gasteiger partial charge in [0.15, 0.2) is 0 Å². The minimum Gasteiger partial charge on any atom is -0.379 e. The summed E-state index contributed by atoms with van der Waals surface area (Å²) < 4.78 is 24.4. The first-order chi connectivity index (χ1) is 10.2. The van der Waals surface area contributed by atoms with E-state index in [1.165, 1.54) is 6.07 Å². The van der Waals surface area contributed by atoms with E-state index in [2.05, 4.69) is 10.5 Å². The van der Waals surface area contributed by atoms with Gasteiger partial charge in [0.05, 0.1) is 18.9 Å². The molecule has 0 unspecified atom stereocenters. The SMILES string of the molecule is Cc1cc(C[C@@H]2COC[C@H]2NCc2ccccc2F)on1. The molecule has 5 heteroatoms. The predicted molar refractivity (Wildman–Crippen MR) is 76.3 cm³/mol. The van der Waals surface area contributed by atoms with E-state index in [9.17, 15) is 4.39 Å². The summed E-state index contributed by atoms with van der Waals surface area (Å²) in [4.78, 5) is 0. The van der Waals surface area contributed by atoms with E-state index in [4.69, 9.17) is 9.26 Å². The van der Waals surface area contributed by atoms with Crippen molar-refractivity contribution in [2.45, 2.75) is 25.9 Å². The highest BCUT2D eigenvalue weighted by molar-refractivity contribution is 5.17. The van der Waals surface area contributed by atoms with Gasteiger partial charge in [-0.15, -0.1) is 0 Å². The van der Waals surface area contributed by atoms with Crippen LogP contribution in [0.1, 0.15) is 17.0 Å². The van der Waals surface area contributed by atoms with Crippen molar-refractivity contribution in [2.24, 2.45) is 5.92 Å². The maximum atomic E-state index is 13.6. The van der Waals surface area contributed by atoms with Crippen LogP contribution in [0.25, 0.3) is 0 Å². The zero-order chi connectivity index (χ0) is 14.7. The number of halogens is 1. The van der Waals surface area contributed by atoms with E-state index in [1.807, 2.05) is 19.1 Å². The minimum absolute atomic E-state index is 0.175. The highest BCUT2D eigenvalue weighted by Crippen LogP contribution is 2.20. The number of nitrogens with one attached hydrogen (secondary N) is 1. The fraction of sp³-hybridized carbons (Fsp3) is 0.438. The van der Waals surface area contributed by atoms with Gasteiger partial charge in [0, 0.05) is 36.6 Å². The van der Waals surface area contributed by atoms with Crippen molar-refractivity contribution >= 4 is 0 Å². The summed E-state index contributed by atoms with van der Waals surface area (Å²) in [6.07, 6.45) is 0.787. The van der Waals surface area contributed by atoms with Gasteiger partial charge >= 0.3 is 0 Å². The molecule has 112 valence electrons. The Morgan fingerprint density at radius 2 is 2.19 bits per heavy atom. The molecule has 1 N–H and O–H groups in total. The van der Waals surface area contributed by atoms with Crippen molar-refractivity contribution in [2.75, 3.05) is 13.2 Å². The average Bonchev–Trinajstić information content (AvgIpc) is 3.08. The normalized spacial score (nSPS) is 21.8. The third kappa shape index (κ3) is 3.49. The largest absolute Gasteiger partial charge is 0.379 e. The van der Waals surface area contributed by atoms with E-state index in [0.29, 0.717) is 31.2 Å². The number of nitrogens with zero attached hydrogens (tertiary/aromatic N) is 1. The summed E-state index contributed by atoms with van der Waals surface area (Å²) in [6.45, 7) is 3.75. The summed E-state index contributed by atoms with van der Waals surface area (Å²) in [6, 6.07) is 8.98. The summed E-state index contributed by atoms with van der Waals surface area (Å²) in [5.74, 6) is 1.02. The Hall–Kier alpha value is -1.72. The summed E-state index contributed by atoms with van der Waals surface area (Å²) in [5, 5.41) is 7.29. The Balaban J connectivity index is 1.58. The molecule has 1 aromatic carbocycles. The van der Waals surface area contributed by atoms with Crippen LogP contribution in [0.4, 0.5) is 4.39 Å². The fourth-order valence-corrected chi connectivity index (χ4v) is 2.68. The molecule has 0 bridgehead atoms. The predicted octanol–water partition coefficient (Wildman–Crippen LogP) is 2.47. The summed E-state index contributed by atoms with van der Waals surface area (Å²) >= 11 is 0. The van der Waals surface area contributed by atoms with Crippen molar-refractivity contribution in [3.63, 3.8) is 0 Å². The van der Waals surface area contributed by atoms with E-state index >= 15 is 0 Å². The molecule has 0 amide bonds. The molecule has 1 fully saturated rings. The first-order valence-corrected chi connectivity index (χ1v) is 7.19. The van der Waals surface area contributed by atoms with E-state index in [1.54, 1.807) is 12.1 Å². The van der Waals surface area contributed by atoms with E-state index in [0.717, 1.165) is 17.9 Å². The second kappa shape index (κ2) is 6.37. The highest BCUT2D eigenvalue weighted by atomic mass is 19.1. The topological polar surface area (TPSA) is 47.3 Å². The number of hydrogen-bond donors (Lipinski definition) is 1. The lowest BCUT2D eigenvalue weighted by molar-refractivity contribution is 0.181. The second-order valence-corrected chi connectivity index (χ2v) is 5.52. The van der Waals surface area contributed by atoms with Crippen molar-refractivity contribution in [3.8, 4) is 0 Å². The molecule has 3 rings (SSSR count). The quantitative estimate of drug-likeness (QED) is 0.919. The number of rotatable bonds is 5. The molecule has 2 atom stereocenters. The zero-order valence-corrected chi connectivity index (χ0v) is 12.0. The molecule has 0 saturated carbocycles. The molecule has 0 radical (unpaired) electrons. The first-order valence-electron chi connectivity index (χ1n) is 7.19. The number of aryl methyl sites for hydroxylation is 1. The van der Waals surface area contributed by atoms with Gasteiger partial charge in [-0.25, -0.2) is 4.39 Å². The van der Waals surface area contributed by atoms with Crippen molar-refractivity contribution in [1.29, 1.82) is 0 Å². The van der Waals surface area contributed by atoms with Gasteiger partial charge in [0.25, 0.3) is 0 Å². The third-order valence-electron chi connectivity index (χ3n) is 3.85. The Morgan fingerprint density at radius 1 is 1.33 bits per heavy atom. The van der Waals surface area contributed by atoms with Crippen LogP contribution in [-0.2, 0) is 17.7 Å². The van der Waals surface area contributed by atoms with Crippen LogP contribution in [0.3, 0.4) is 0 Å². The Kier molecular flexibility index (Phi) is 4.31. The van der Waals surface area contributed by atoms with Crippen LogP contribution in [0.2, 0.25) is 0 Å². The number of hydrogen-bond acceptors (Lipinski definition) is 4. The van der Waals surface area contributed by atoms with Gasteiger partial charge in [-0.3, -0.25) is 0 Å². The molecule has 1 aliphatic rings. The molecule has 21 heavy (non-hydrogen) atoms. The van der Waals surface area contributed by atoms with Gasteiger partial charge in [0.1, 0.15) is 11.6 Å². The minimum atomic E-state index is -0.175. The standard InChI is InChI=1S/C16H19FN2O2/c1-11-6-14(21-19-11)7-13-9-20-10-16(13)18-8-12-4-2-3-5-15(12)17/h2-6,13,16,18H,7-10H2,1H3/t13-,16-/m1/s1. The Morgan fingerprint density at radius 3 is 2.95 bits per heavy atom. The molecule has 2 aromatic rings.